The van der Waals surface area contributed by atoms with Crippen molar-refractivity contribution in [3.8, 4) is 0 Å². The number of benzene rings is 1. The number of aromatic amines is 1. The van der Waals surface area contributed by atoms with Crippen LogP contribution in [0, 0.1) is 0 Å². The van der Waals surface area contributed by atoms with Crippen molar-refractivity contribution in [2.24, 2.45) is 0 Å². The summed E-state index contributed by atoms with van der Waals surface area (Å²) >= 11 is 0. The molecule has 2 aromatic rings. The van der Waals surface area contributed by atoms with Crippen LogP contribution in [0.25, 0.3) is 0 Å². The van der Waals surface area contributed by atoms with E-state index >= 15 is 0 Å². The predicted octanol–water partition coefficient (Wildman–Crippen LogP) is 2.80. The third-order valence-corrected chi connectivity index (χ3v) is 4.50. The van der Waals surface area contributed by atoms with Gasteiger partial charge in [-0.2, -0.15) is 0 Å². The summed E-state index contributed by atoms with van der Waals surface area (Å²) in [4.78, 5) is 19.8. The highest BCUT2D eigenvalue weighted by Crippen LogP contribution is 2.10. The first-order valence-electron chi connectivity index (χ1n) is 8.51. The van der Waals surface area contributed by atoms with Gasteiger partial charge in [0.1, 0.15) is 0 Å². The number of carbonyl (C=O) groups is 1. The summed E-state index contributed by atoms with van der Waals surface area (Å²) in [6, 6.07) is 12.5. The van der Waals surface area contributed by atoms with Gasteiger partial charge in [0.05, 0.1) is 5.56 Å². The fourth-order valence-electron chi connectivity index (χ4n) is 3.19. The van der Waals surface area contributed by atoms with Crippen LogP contribution in [0.2, 0.25) is 0 Å². The molecule has 0 bridgehead atoms. The summed E-state index contributed by atoms with van der Waals surface area (Å²) in [5.41, 5.74) is 2.18. The Hall–Kier alpha value is -2.07. The van der Waals surface area contributed by atoms with Gasteiger partial charge in [0, 0.05) is 32.0 Å². The standard InChI is InChI=1S/C19H25N3O/c23-19(18-9-10-20-16-18)22-13-5-12-21(14-15-22)11-4-8-17-6-2-1-3-7-17/h1-3,6-7,9-10,16,20H,4-5,8,11-15H2. The number of nitrogens with zero attached hydrogens (tertiary/aromatic N) is 2. The van der Waals surface area contributed by atoms with Crippen LogP contribution in [0.3, 0.4) is 0 Å². The number of rotatable bonds is 5. The fourth-order valence-corrected chi connectivity index (χ4v) is 3.19. The highest BCUT2D eigenvalue weighted by atomic mass is 16.2. The van der Waals surface area contributed by atoms with Gasteiger partial charge in [-0.3, -0.25) is 4.79 Å². The van der Waals surface area contributed by atoms with Crippen molar-refractivity contribution in [1.29, 1.82) is 0 Å². The first-order chi connectivity index (χ1) is 11.3. The zero-order valence-electron chi connectivity index (χ0n) is 13.6. The first kappa shape index (κ1) is 15.8. The average molecular weight is 311 g/mol. The lowest BCUT2D eigenvalue weighted by atomic mass is 10.1. The second-order valence-electron chi connectivity index (χ2n) is 6.18. The molecule has 122 valence electrons. The third-order valence-electron chi connectivity index (χ3n) is 4.50. The molecule has 0 atom stereocenters. The van der Waals surface area contributed by atoms with E-state index in [2.05, 4.69) is 40.2 Å². The van der Waals surface area contributed by atoms with Gasteiger partial charge in [-0.1, -0.05) is 30.3 Å². The number of hydrogen-bond acceptors (Lipinski definition) is 2. The van der Waals surface area contributed by atoms with Gasteiger partial charge >= 0.3 is 0 Å². The van der Waals surface area contributed by atoms with Crippen LogP contribution in [0.1, 0.15) is 28.8 Å². The number of aryl methyl sites for hydroxylation is 1. The fraction of sp³-hybridized carbons (Fsp3) is 0.421. The molecule has 1 aromatic carbocycles. The Balaban J connectivity index is 1.44. The Labute approximate surface area is 138 Å². The molecule has 0 saturated carbocycles. The van der Waals surface area contributed by atoms with Crippen LogP contribution in [0.4, 0.5) is 0 Å². The number of hydrogen-bond donors (Lipinski definition) is 1. The summed E-state index contributed by atoms with van der Waals surface area (Å²) < 4.78 is 0. The second kappa shape index (κ2) is 7.97. The Bertz CT molecular complexity index is 594. The summed E-state index contributed by atoms with van der Waals surface area (Å²) in [5.74, 6) is 0.150. The van der Waals surface area contributed by atoms with Gasteiger partial charge in [-0.15, -0.1) is 0 Å². The van der Waals surface area contributed by atoms with E-state index < -0.39 is 0 Å². The molecule has 2 heterocycles. The molecule has 1 N–H and O–H groups in total. The number of amides is 1. The van der Waals surface area contributed by atoms with Crippen molar-refractivity contribution in [2.45, 2.75) is 19.3 Å². The molecule has 1 aliphatic heterocycles. The van der Waals surface area contributed by atoms with Gasteiger partial charge in [0.2, 0.25) is 0 Å². The Morgan fingerprint density at radius 2 is 1.91 bits per heavy atom. The van der Waals surface area contributed by atoms with Crippen LogP contribution >= 0.6 is 0 Å². The summed E-state index contributed by atoms with van der Waals surface area (Å²) in [5, 5.41) is 0. The molecule has 1 saturated heterocycles. The maximum Gasteiger partial charge on any atom is 0.255 e. The minimum Gasteiger partial charge on any atom is -0.367 e. The van der Waals surface area contributed by atoms with Gasteiger partial charge in [-0.25, -0.2) is 0 Å². The molecule has 23 heavy (non-hydrogen) atoms. The van der Waals surface area contributed by atoms with Crippen molar-refractivity contribution < 1.29 is 4.79 Å². The van der Waals surface area contributed by atoms with Crippen molar-refractivity contribution >= 4 is 5.91 Å². The molecule has 4 nitrogen and oxygen atoms in total. The second-order valence-corrected chi connectivity index (χ2v) is 6.18. The zero-order chi connectivity index (χ0) is 15.9. The van der Waals surface area contributed by atoms with Crippen LogP contribution in [0.5, 0.6) is 0 Å². The molecule has 3 rings (SSSR count). The molecule has 1 aliphatic rings. The quantitative estimate of drug-likeness (QED) is 0.922. The summed E-state index contributed by atoms with van der Waals surface area (Å²) in [6.45, 7) is 4.87. The maximum atomic E-state index is 12.4. The predicted molar refractivity (Wildman–Crippen MR) is 92.5 cm³/mol. The summed E-state index contributed by atoms with van der Waals surface area (Å²) in [6.07, 6.45) is 6.95. The van der Waals surface area contributed by atoms with Crippen LogP contribution in [0.15, 0.2) is 48.8 Å². The molecule has 0 unspecified atom stereocenters. The normalized spacial score (nSPS) is 16.3. The van der Waals surface area contributed by atoms with E-state index in [-0.39, 0.29) is 5.91 Å². The molecule has 1 aromatic heterocycles. The largest absolute Gasteiger partial charge is 0.367 e. The van der Waals surface area contributed by atoms with Crippen molar-refractivity contribution in [2.75, 3.05) is 32.7 Å². The van der Waals surface area contributed by atoms with E-state index in [9.17, 15) is 4.79 Å². The first-order valence-corrected chi connectivity index (χ1v) is 8.51. The average Bonchev–Trinajstić information content (AvgIpc) is 3.02. The van der Waals surface area contributed by atoms with Crippen LogP contribution in [-0.4, -0.2) is 53.4 Å². The Kier molecular flexibility index (Phi) is 5.48. The lowest BCUT2D eigenvalue weighted by Crippen LogP contribution is -2.35. The minimum absolute atomic E-state index is 0.150. The van der Waals surface area contributed by atoms with Gasteiger partial charge in [-0.05, 0) is 44.0 Å². The van der Waals surface area contributed by atoms with E-state index in [0.29, 0.717) is 0 Å². The topological polar surface area (TPSA) is 39.3 Å². The molecule has 0 radical (unpaired) electrons. The lowest BCUT2D eigenvalue weighted by molar-refractivity contribution is 0.0761. The highest BCUT2D eigenvalue weighted by Gasteiger charge is 2.20. The molecule has 4 heteroatoms. The minimum atomic E-state index is 0.150. The van der Waals surface area contributed by atoms with E-state index in [1.54, 1.807) is 12.4 Å². The molecule has 0 aliphatic carbocycles. The molecule has 1 amide bonds. The van der Waals surface area contributed by atoms with E-state index in [1.807, 2.05) is 11.0 Å². The SMILES string of the molecule is O=C(c1cc[nH]c1)N1CCCN(CCCc2ccccc2)CC1. The lowest BCUT2D eigenvalue weighted by Gasteiger charge is -2.21. The van der Waals surface area contributed by atoms with Gasteiger partial charge in [0.15, 0.2) is 0 Å². The van der Waals surface area contributed by atoms with Gasteiger partial charge in [0.25, 0.3) is 5.91 Å². The molecule has 0 spiro atoms. The van der Waals surface area contributed by atoms with Crippen molar-refractivity contribution in [1.82, 2.24) is 14.8 Å². The number of H-pyrrole nitrogens is 1. The number of nitrogens with one attached hydrogen (secondary N) is 1. The molecular formula is C19H25N3O. The summed E-state index contributed by atoms with van der Waals surface area (Å²) in [7, 11) is 0. The highest BCUT2D eigenvalue weighted by molar-refractivity contribution is 5.94. The van der Waals surface area contributed by atoms with E-state index in [1.165, 1.54) is 12.0 Å². The van der Waals surface area contributed by atoms with Crippen molar-refractivity contribution in [3.63, 3.8) is 0 Å². The van der Waals surface area contributed by atoms with E-state index in [4.69, 9.17) is 0 Å². The number of carbonyl (C=O) groups excluding carboxylic acids is 1. The number of aromatic nitrogens is 1. The van der Waals surface area contributed by atoms with Crippen LogP contribution in [-0.2, 0) is 6.42 Å². The van der Waals surface area contributed by atoms with Crippen molar-refractivity contribution in [3.05, 3.63) is 59.9 Å². The molecular weight excluding hydrogens is 286 g/mol. The van der Waals surface area contributed by atoms with Gasteiger partial charge < -0.3 is 14.8 Å². The van der Waals surface area contributed by atoms with Crippen LogP contribution < -0.4 is 0 Å². The van der Waals surface area contributed by atoms with E-state index in [0.717, 1.165) is 51.1 Å². The Morgan fingerprint density at radius 3 is 2.70 bits per heavy atom. The Morgan fingerprint density at radius 1 is 1.04 bits per heavy atom. The third kappa shape index (κ3) is 4.45. The monoisotopic (exact) mass is 311 g/mol. The molecule has 1 fully saturated rings. The maximum absolute atomic E-state index is 12.4. The zero-order valence-corrected chi connectivity index (χ0v) is 13.6. The smallest absolute Gasteiger partial charge is 0.255 e.